The highest BCUT2D eigenvalue weighted by atomic mass is 16.5. The predicted molar refractivity (Wildman–Crippen MR) is 61.7 cm³/mol. The molecule has 1 fully saturated rings. The zero-order valence-corrected chi connectivity index (χ0v) is 9.52. The van der Waals surface area contributed by atoms with Crippen molar-refractivity contribution >= 4 is 0 Å². The van der Waals surface area contributed by atoms with Gasteiger partial charge in [0.05, 0.1) is 6.07 Å². The molecule has 0 aliphatic carbocycles. The fourth-order valence-electron chi connectivity index (χ4n) is 2.76. The third-order valence-corrected chi connectivity index (χ3v) is 3.68. The Labute approximate surface area is 100 Å². The van der Waals surface area contributed by atoms with Crippen molar-refractivity contribution in [2.24, 2.45) is 0 Å². The van der Waals surface area contributed by atoms with Crippen LogP contribution in [0.1, 0.15) is 18.4 Å². The minimum absolute atomic E-state index is 0.180. The zero-order valence-electron chi connectivity index (χ0n) is 9.52. The molecule has 1 aromatic carbocycles. The van der Waals surface area contributed by atoms with Gasteiger partial charge in [-0.05, 0) is 25.0 Å². The second-order valence-corrected chi connectivity index (χ2v) is 4.64. The lowest BCUT2D eigenvalue weighted by atomic mass is 9.92. The number of ether oxygens (including phenoxy) is 1. The van der Waals surface area contributed by atoms with Gasteiger partial charge in [0.1, 0.15) is 18.1 Å². The Morgan fingerprint density at radius 2 is 2.12 bits per heavy atom. The van der Waals surface area contributed by atoms with Crippen LogP contribution in [0.5, 0.6) is 11.5 Å². The van der Waals surface area contributed by atoms with Gasteiger partial charge in [0, 0.05) is 24.7 Å². The monoisotopic (exact) mass is 230 g/mol. The molecule has 88 valence electrons. The molecule has 1 aromatic rings. The van der Waals surface area contributed by atoms with Crippen LogP contribution in [-0.2, 0) is 5.54 Å². The molecule has 17 heavy (non-hydrogen) atoms. The Bertz CT molecular complexity index is 489. The Balaban J connectivity index is 2.07. The lowest BCUT2D eigenvalue weighted by Crippen LogP contribution is -2.44. The third-order valence-electron chi connectivity index (χ3n) is 3.68. The number of phenolic OH excluding ortho intramolecular Hbond substituents is 1. The van der Waals surface area contributed by atoms with Gasteiger partial charge in [-0.3, -0.25) is 4.90 Å². The van der Waals surface area contributed by atoms with Gasteiger partial charge in [0.2, 0.25) is 0 Å². The maximum absolute atomic E-state index is 9.56. The molecule has 2 aliphatic rings. The number of benzene rings is 1. The fraction of sp³-hybridized carbons (Fsp3) is 0.462. The number of aromatic hydroxyl groups is 1. The van der Waals surface area contributed by atoms with E-state index in [1.54, 1.807) is 18.2 Å². The summed E-state index contributed by atoms with van der Waals surface area (Å²) >= 11 is 0. The molecule has 2 heterocycles. The summed E-state index contributed by atoms with van der Waals surface area (Å²) in [6.45, 7) is 2.25. The summed E-state index contributed by atoms with van der Waals surface area (Å²) < 4.78 is 5.57. The second-order valence-electron chi connectivity index (χ2n) is 4.64. The lowest BCUT2D eigenvalue weighted by molar-refractivity contribution is 0.135. The van der Waals surface area contributed by atoms with Crippen molar-refractivity contribution in [3.8, 4) is 17.6 Å². The van der Waals surface area contributed by atoms with Gasteiger partial charge in [0.15, 0.2) is 5.54 Å². The smallest absolute Gasteiger partial charge is 0.172 e. The molecule has 1 atom stereocenters. The first-order valence-electron chi connectivity index (χ1n) is 5.89. The van der Waals surface area contributed by atoms with Crippen LogP contribution in [0.2, 0.25) is 0 Å². The number of hydrogen-bond donors (Lipinski definition) is 1. The first kappa shape index (κ1) is 10.4. The zero-order chi connectivity index (χ0) is 11.9. The molecule has 1 saturated heterocycles. The molecular weight excluding hydrogens is 216 g/mol. The summed E-state index contributed by atoms with van der Waals surface area (Å²) in [5.74, 6) is 0.817. The van der Waals surface area contributed by atoms with Crippen molar-refractivity contribution in [1.29, 1.82) is 5.26 Å². The van der Waals surface area contributed by atoms with E-state index >= 15 is 0 Å². The summed E-state index contributed by atoms with van der Waals surface area (Å²) in [5, 5.41) is 19.0. The number of rotatable bonds is 1. The molecule has 0 spiro atoms. The molecule has 2 aliphatic heterocycles. The van der Waals surface area contributed by atoms with Gasteiger partial charge in [0.25, 0.3) is 0 Å². The number of fused-ring (bicyclic) bond motifs is 1. The van der Waals surface area contributed by atoms with Crippen LogP contribution in [0.4, 0.5) is 0 Å². The molecule has 4 heteroatoms. The van der Waals surface area contributed by atoms with Crippen LogP contribution in [-0.4, -0.2) is 29.7 Å². The maximum Gasteiger partial charge on any atom is 0.172 e. The largest absolute Gasteiger partial charge is 0.508 e. The van der Waals surface area contributed by atoms with Gasteiger partial charge in [-0.1, -0.05) is 0 Å². The van der Waals surface area contributed by atoms with Crippen LogP contribution < -0.4 is 4.74 Å². The SMILES string of the molecule is N#CC1(N2CCCC2)COc2cc(O)ccc21. The number of hydrogen-bond acceptors (Lipinski definition) is 4. The van der Waals surface area contributed by atoms with Crippen LogP contribution in [0.15, 0.2) is 18.2 Å². The average molecular weight is 230 g/mol. The maximum atomic E-state index is 9.56. The minimum Gasteiger partial charge on any atom is -0.508 e. The highest BCUT2D eigenvalue weighted by Crippen LogP contribution is 2.43. The molecule has 0 amide bonds. The van der Waals surface area contributed by atoms with Crippen molar-refractivity contribution in [2.75, 3.05) is 19.7 Å². The molecule has 1 N–H and O–H groups in total. The topological polar surface area (TPSA) is 56.5 Å². The van der Waals surface area contributed by atoms with Gasteiger partial charge < -0.3 is 9.84 Å². The third kappa shape index (κ3) is 1.39. The highest BCUT2D eigenvalue weighted by molar-refractivity contribution is 5.50. The quantitative estimate of drug-likeness (QED) is 0.796. The van der Waals surface area contributed by atoms with E-state index in [4.69, 9.17) is 4.74 Å². The number of nitriles is 1. The Kier molecular flexibility index (Phi) is 2.23. The van der Waals surface area contributed by atoms with Crippen molar-refractivity contribution in [1.82, 2.24) is 4.90 Å². The summed E-state index contributed by atoms with van der Waals surface area (Å²) in [6.07, 6.45) is 2.27. The number of nitrogens with zero attached hydrogens (tertiary/aromatic N) is 2. The minimum atomic E-state index is -0.653. The van der Waals surface area contributed by atoms with E-state index in [9.17, 15) is 10.4 Å². The summed E-state index contributed by atoms with van der Waals surface area (Å²) in [4.78, 5) is 2.19. The van der Waals surface area contributed by atoms with E-state index in [1.165, 1.54) is 0 Å². The van der Waals surface area contributed by atoms with Crippen LogP contribution in [0.3, 0.4) is 0 Å². The first-order chi connectivity index (χ1) is 8.26. The molecule has 0 saturated carbocycles. The molecular formula is C13H14N2O2. The molecule has 3 rings (SSSR count). The standard InChI is InChI=1S/C13H14N2O2/c14-8-13(15-5-1-2-6-15)9-17-12-7-10(16)3-4-11(12)13/h3-4,7,16H,1-2,5-6,9H2. The predicted octanol–water partition coefficient (Wildman–Crippen LogP) is 1.60. The first-order valence-corrected chi connectivity index (χ1v) is 5.89. The summed E-state index contributed by atoms with van der Waals surface area (Å²) in [6, 6.07) is 7.43. The summed E-state index contributed by atoms with van der Waals surface area (Å²) in [5.41, 5.74) is 0.235. The van der Waals surface area contributed by atoms with Crippen molar-refractivity contribution in [3.63, 3.8) is 0 Å². The Morgan fingerprint density at radius 3 is 2.82 bits per heavy atom. The van der Waals surface area contributed by atoms with E-state index in [0.717, 1.165) is 31.5 Å². The van der Waals surface area contributed by atoms with Crippen LogP contribution >= 0.6 is 0 Å². The normalized spacial score (nSPS) is 27.5. The van der Waals surface area contributed by atoms with Crippen LogP contribution in [0, 0.1) is 11.3 Å². The van der Waals surface area contributed by atoms with Gasteiger partial charge in [-0.15, -0.1) is 0 Å². The van der Waals surface area contributed by atoms with E-state index in [0.29, 0.717) is 12.4 Å². The second kappa shape index (κ2) is 3.64. The highest BCUT2D eigenvalue weighted by Gasteiger charge is 2.47. The molecule has 1 unspecified atom stereocenters. The van der Waals surface area contributed by atoms with E-state index in [2.05, 4.69) is 11.0 Å². The number of phenols is 1. The van der Waals surface area contributed by atoms with E-state index in [-0.39, 0.29) is 5.75 Å². The van der Waals surface area contributed by atoms with Gasteiger partial charge >= 0.3 is 0 Å². The molecule has 4 nitrogen and oxygen atoms in total. The lowest BCUT2D eigenvalue weighted by Gasteiger charge is -2.30. The van der Waals surface area contributed by atoms with Crippen molar-refractivity contribution < 1.29 is 9.84 Å². The fourth-order valence-corrected chi connectivity index (χ4v) is 2.76. The van der Waals surface area contributed by atoms with Crippen LogP contribution in [0.25, 0.3) is 0 Å². The van der Waals surface area contributed by atoms with E-state index in [1.807, 2.05) is 0 Å². The van der Waals surface area contributed by atoms with Crippen molar-refractivity contribution in [2.45, 2.75) is 18.4 Å². The molecule has 0 radical (unpaired) electrons. The average Bonchev–Trinajstić information content (AvgIpc) is 2.95. The van der Waals surface area contributed by atoms with Gasteiger partial charge in [-0.25, -0.2) is 0 Å². The molecule has 0 aromatic heterocycles. The molecule has 0 bridgehead atoms. The van der Waals surface area contributed by atoms with Crippen molar-refractivity contribution in [3.05, 3.63) is 23.8 Å². The van der Waals surface area contributed by atoms with Gasteiger partial charge in [-0.2, -0.15) is 5.26 Å². The summed E-state index contributed by atoms with van der Waals surface area (Å²) in [7, 11) is 0. The Morgan fingerprint density at radius 1 is 1.35 bits per heavy atom. The van der Waals surface area contributed by atoms with E-state index < -0.39 is 5.54 Å². The number of likely N-dealkylation sites (tertiary alicyclic amines) is 1. The Hall–Kier alpha value is -1.73.